The van der Waals surface area contributed by atoms with Crippen molar-refractivity contribution in [2.75, 3.05) is 0 Å². The fraction of sp³-hybridized carbons (Fsp3) is 0.417. The van der Waals surface area contributed by atoms with Crippen LogP contribution in [-0.4, -0.2) is 17.7 Å². The highest BCUT2D eigenvalue weighted by molar-refractivity contribution is 6.01. The van der Waals surface area contributed by atoms with Gasteiger partial charge in [-0.05, 0) is 26.0 Å². The molecule has 0 saturated heterocycles. The molecule has 0 fully saturated rings. The van der Waals surface area contributed by atoms with Gasteiger partial charge in [-0.25, -0.2) is 0 Å². The van der Waals surface area contributed by atoms with E-state index in [2.05, 4.69) is 4.74 Å². The Balaban J connectivity index is 2.46. The number of alkyl halides is 3. The molecule has 98 valence electrons. The van der Waals surface area contributed by atoms with Crippen molar-refractivity contribution in [2.24, 2.45) is 0 Å². The quantitative estimate of drug-likeness (QED) is 0.777. The zero-order valence-corrected chi connectivity index (χ0v) is 9.80. The molecular weight excluding hydrogens is 249 g/mol. The van der Waals surface area contributed by atoms with Crippen LogP contribution in [0, 0.1) is 0 Å². The topological polar surface area (TPSA) is 35.5 Å². The molecule has 0 bridgehead atoms. The Hall–Kier alpha value is -1.72. The van der Waals surface area contributed by atoms with Gasteiger partial charge in [0.1, 0.15) is 5.60 Å². The summed E-state index contributed by atoms with van der Waals surface area (Å²) in [5, 5.41) is 0. The van der Waals surface area contributed by atoms with E-state index in [-0.39, 0.29) is 23.5 Å². The Bertz CT molecular complexity index is 492. The summed E-state index contributed by atoms with van der Waals surface area (Å²) in [6, 6.07) is 3.89. The molecule has 1 aromatic rings. The summed E-state index contributed by atoms with van der Waals surface area (Å²) in [6.07, 6.45) is -4.70. The molecule has 0 amide bonds. The van der Waals surface area contributed by atoms with Crippen LogP contribution in [0.2, 0.25) is 0 Å². The zero-order chi connectivity index (χ0) is 13.6. The number of carbonyl (C=O) groups is 1. The Morgan fingerprint density at radius 2 is 2.00 bits per heavy atom. The van der Waals surface area contributed by atoms with Gasteiger partial charge in [0.15, 0.2) is 17.3 Å². The van der Waals surface area contributed by atoms with Gasteiger partial charge < -0.3 is 9.47 Å². The summed E-state index contributed by atoms with van der Waals surface area (Å²) in [5.74, 6) is -0.883. The van der Waals surface area contributed by atoms with Crippen LogP contribution < -0.4 is 9.47 Å². The lowest BCUT2D eigenvalue weighted by atomic mass is 9.93. The first-order chi connectivity index (χ1) is 8.18. The van der Waals surface area contributed by atoms with Crippen LogP contribution in [0.25, 0.3) is 0 Å². The fourth-order valence-corrected chi connectivity index (χ4v) is 1.84. The Morgan fingerprint density at radius 3 is 2.61 bits per heavy atom. The number of para-hydroxylation sites is 1. The third-order valence-electron chi connectivity index (χ3n) is 2.47. The van der Waals surface area contributed by atoms with Gasteiger partial charge in [0.05, 0.1) is 12.0 Å². The minimum Gasteiger partial charge on any atom is -0.483 e. The predicted molar refractivity (Wildman–Crippen MR) is 56.8 cm³/mol. The van der Waals surface area contributed by atoms with Gasteiger partial charge in [0.2, 0.25) is 0 Å². The lowest BCUT2D eigenvalue weighted by Gasteiger charge is -2.32. The van der Waals surface area contributed by atoms with Crippen molar-refractivity contribution in [3.63, 3.8) is 0 Å². The Morgan fingerprint density at radius 1 is 1.33 bits per heavy atom. The van der Waals surface area contributed by atoms with E-state index in [0.29, 0.717) is 0 Å². The molecule has 0 aliphatic carbocycles. The standard InChI is InChI=1S/C12H11F3O3/c1-11(2)6-8(16)7-4-3-5-9(10(7)18-11)17-12(13,14)15/h3-5H,6H2,1-2H3. The summed E-state index contributed by atoms with van der Waals surface area (Å²) in [5.41, 5.74) is -0.717. The predicted octanol–water partition coefficient (Wildman–Crippen LogP) is 3.33. The number of ketones is 1. The molecule has 0 N–H and O–H groups in total. The van der Waals surface area contributed by atoms with Crippen molar-refractivity contribution >= 4 is 5.78 Å². The second-order valence-corrected chi connectivity index (χ2v) is 4.64. The molecular formula is C12H11F3O3. The minimum atomic E-state index is -4.82. The van der Waals surface area contributed by atoms with E-state index in [1.54, 1.807) is 13.8 Å². The largest absolute Gasteiger partial charge is 0.573 e. The van der Waals surface area contributed by atoms with Gasteiger partial charge in [-0.2, -0.15) is 0 Å². The molecule has 0 radical (unpaired) electrons. The van der Waals surface area contributed by atoms with E-state index in [0.717, 1.165) is 6.07 Å². The highest BCUT2D eigenvalue weighted by Gasteiger charge is 2.38. The number of hydrogen-bond acceptors (Lipinski definition) is 3. The molecule has 0 saturated carbocycles. The zero-order valence-electron chi connectivity index (χ0n) is 9.80. The number of hydrogen-bond donors (Lipinski definition) is 0. The molecule has 1 aromatic carbocycles. The van der Waals surface area contributed by atoms with Crippen LogP contribution in [0.5, 0.6) is 11.5 Å². The van der Waals surface area contributed by atoms with Gasteiger partial charge >= 0.3 is 6.36 Å². The lowest BCUT2D eigenvalue weighted by molar-refractivity contribution is -0.275. The van der Waals surface area contributed by atoms with Gasteiger partial charge in [-0.1, -0.05) is 6.07 Å². The maximum atomic E-state index is 12.2. The summed E-state index contributed by atoms with van der Waals surface area (Å²) in [7, 11) is 0. The average Bonchev–Trinajstić information content (AvgIpc) is 2.15. The highest BCUT2D eigenvalue weighted by atomic mass is 19.4. The van der Waals surface area contributed by atoms with E-state index in [1.165, 1.54) is 12.1 Å². The first-order valence-electron chi connectivity index (χ1n) is 5.29. The first-order valence-corrected chi connectivity index (χ1v) is 5.29. The van der Waals surface area contributed by atoms with Crippen LogP contribution in [0.4, 0.5) is 13.2 Å². The summed E-state index contributed by atoms with van der Waals surface area (Å²) in [6.45, 7) is 3.27. The van der Waals surface area contributed by atoms with Crippen LogP contribution in [0.3, 0.4) is 0 Å². The van der Waals surface area contributed by atoms with E-state index in [4.69, 9.17) is 4.74 Å². The molecule has 1 heterocycles. The maximum Gasteiger partial charge on any atom is 0.573 e. The Labute approximate surface area is 102 Å². The number of fused-ring (bicyclic) bond motifs is 1. The molecule has 0 atom stereocenters. The number of halogens is 3. The summed E-state index contributed by atoms with van der Waals surface area (Å²) in [4.78, 5) is 11.8. The molecule has 18 heavy (non-hydrogen) atoms. The first kappa shape index (κ1) is 12.7. The number of ether oxygens (including phenoxy) is 2. The minimum absolute atomic E-state index is 0.121. The van der Waals surface area contributed by atoms with Crippen LogP contribution in [0.15, 0.2) is 18.2 Å². The number of carbonyl (C=O) groups excluding carboxylic acids is 1. The van der Waals surface area contributed by atoms with Gasteiger partial charge in [-0.3, -0.25) is 4.79 Å². The van der Waals surface area contributed by atoms with Crippen LogP contribution in [-0.2, 0) is 0 Å². The fourth-order valence-electron chi connectivity index (χ4n) is 1.84. The number of benzene rings is 1. The van der Waals surface area contributed by atoms with E-state index < -0.39 is 17.7 Å². The highest BCUT2D eigenvalue weighted by Crippen LogP contribution is 2.41. The monoisotopic (exact) mass is 260 g/mol. The van der Waals surface area contributed by atoms with Crippen molar-refractivity contribution in [1.82, 2.24) is 0 Å². The lowest BCUT2D eigenvalue weighted by Crippen LogP contribution is -2.36. The smallest absolute Gasteiger partial charge is 0.483 e. The van der Waals surface area contributed by atoms with E-state index in [9.17, 15) is 18.0 Å². The van der Waals surface area contributed by atoms with Crippen LogP contribution in [0.1, 0.15) is 30.6 Å². The molecule has 2 rings (SSSR count). The second-order valence-electron chi connectivity index (χ2n) is 4.64. The average molecular weight is 260 g/mol. The van der Waals surface area contributed by atoms with Crippen molar-refractivity contribution in [3.8, 4) is 11.5 Å². The van der Waals surface area contributed by atoms with Crippen LogP contribution >= 0.6 is 0 Å². The molecule has 6 heteroatoms. The molecule has 0 aromatic heterocycles. The van der Waals surface area contributed by atoms with E-state index in [1.807, 2.05) is 0 Å². The third-order valence-corrected chi connectivity index (χ3v) is 2.47. The van der Waals surface area contributed by atoms with Gasteiger partial charge in [0, 0.05) is 0 Å². The third kappa shape index (κ3) is 2.57. The normalized spacial score (nSPS) is 17.9. The van der Waals surface area contributed by atoms with E-state index >= 15 is 0 Å². The SMILES string of the molecule is CC1(C)CC(=O)c2cccc(OC(F)(F)F)c2O1. The molecule has 0 spiro atoms. The number of Topliss-reactive ketones (excluding diaryl/α,β-unsaturated/α-hetero) is 1. The molecule has 3 nitrogen and oxygen atoms in total. The second kappa shape index (κ2) is 3.90. The van der Waals surface area contributed by atoms with Crippen molar-refractivity contribution < 1.29 is 27.4 Å². The van der Waals surface area contributed by atoms with Crippen molar-refractivity contribution in [2.45, 2.75) is 32.2 Å². The van der Waals surface area contributed by atoms with Crippen molar-refractivity contribution in [1.29, 1.82) is 0 Å². The van der Waals surface area contributed by atoms with Gasteiger partial charge in [0.25, 0.3) is 0 Å². The van der Waals surface area contributed by atoms with Crippen molar-refractivity contribution in [3.05, 3.63) is 23.8 Å². The Kier molecular flexibility index (Phi) is 2.76. The molecule has 0 unspecified atom stereocenters. The summed E-state index contributed by atoms with van der Waals surface area (Å²) < 4.78 is 46.0. The number of rotatable bonds is 1. The maximum absolute atomic E-state index is 12.2. The molecule has 1 aliphatic rings. The molecule has 1 aliphatic heterocycles. The summed E-state index contributed by atoms with van der Waals surface area (Å²) >= 11 is 0. The van der Waals surface area contributed by atoms with Gasteiger partial charge in [-0.15, -0.1) is 13.2 Å².